The number of carbonyl (C=O) groups excluding carboxylic acids is 1. The molecule has 0 saturated carbocycles. The Hall–Kier alpha value is -2.29. The van der Waals surface area contributed by atoms with Gasteiger partial charge in [-0.3, -0.25) is 4.79 Å². The number of carbonyl (C=O) groups is 1. The van der Waals surface area contributed by atoms with Gasteiger partial charge in [0.25, 0.3) is 0 Å². The normalized spacial score (nSPS) is 13.0. The summed E-state index contributed by atoms with van der Waals surface area (Å²) in [7, 11) is -3.85. The molecule has 0 bridgehead atoms. The highest BCUT2D eigenvalue weighted by Crippen LogP contribution is 2.25. The van der Waals surface area contributed by atoms with Crippen LogP contribution in [0.1, 0.15) is 24.4 Å². The van der Waals surface area contributed by atoms with Gasteiger partial charge in [-0.1, -0.05) is 44.2 Å². The summed E-state index contributed by atoms with van der Waals surface area (Å²) in [6.07, 6.45) is 0. The summed E-state index contributed by atoms with van der Waals surface area (Å²) in [5, 5.41) is 3.69. The van der Waals surface area contributed by atoms with Crippen LogP contribution in [-0.2, 0) is 21.4 Å². The zero-order valence-corrected chi connectivity index (χ0v) is 17.6. The zero-order chi connectivity index (χ0) is 20.3. The van der Waals surface area contributed by atoms with Crippen LogP contribution < -0.4 is 10.0 Å². The number of fused-ring (bicyclic) bond motifs is 1. The van der Waals surface area contributed by atoms with Gasteiger partial charge in [-0.2, -0.15) is 4.72 Å². The summed E-state index contributed by atoms with van der Waals surface area (Å²) in [5.41, 5.74) is 1.72. The van der Waals surface area contributed by atoms with E-state index in [2.05, 4.69) is 15.0 Å². The molecule has 2 aromatic carbocycles. The predicted molar refractivity (Wildman–Crippen MR) is 112 cm³/mol. The van der Waals surface area contributed by atoms with Crippen LogP contribution in [0.15, 0.2) is 53.4 Å². The number of hydrogen-bond acceptors (Lipinski definition) is 5. The second-order valence-electron chi connectivity index (χ2n) is 6.91. The van der Waals surface area contributed by atoms with Gasteiger partial charge in [-0.25, -0.2) is 13.4 Å². The number of rotatable bonds is 7. The molecule has 3 rings (SSSR count). The molecule has 2 N–H and O–H groups in total. The van der Waals surface area contributed by atoms with Gasteiger partial charge >= 0.3 is 0 Å². The van der Waals surface area contributed by atoms with Crippen molar-refractivity contribution in [3.63, 3.8) is 0 Å². The smallest absolute Gasteiger partial charge is 0.241 e. The van der Waals surface area contributed by atoms with E-state index in [9.17, 15) is 13.2 Å². The summed E-state index contributed by atoms with van der Waals surface area (Å²) in [6, 6.07) is 13.4. The molecule has 0 aliphatic rings. The molecule has 148 valence electrons. The Morgan fingerprint density at radius 3 is 2.54 bits per heavy atom. The van der Waals surface area contributed by atoms with Crippen molar-refractivity contribution < 1.29 is 13.2 Å². The van der Waals surface area contributed by atoms with Crippen LogP contribution in [0.2, 0.25) is 0 Å². The molecule has 1 heterocycles. The Morgan fingerprint density at radius 1 is 1.14 bits per heavy atom. The van der Waals surface area contributed by atoms with Gasteiger partial charge in [-0.15, -0.1) is 11.3 Å². The van der Waals surface area contributed by atoms with E-state index in [1.165, 1.54) is 17.4 Å². The molecule has 0 unspecified atom stereocenters. The third-order valence-corrected chi connectivity index (χ3v) is 6.69. The molecular formula is C20H23N3O3S2. The number of sulfonamides is 1. The fourth-order valence-electron chi connectivity index (χ4n) is 2.81. The Bertz CT molecular complexity index is 1080. The average Bonchev–Trinajstić information content (AvgIpc) is 3.04. The molecule has 0 spiro atoms. The molecule has 0 saturated heterocycles. The Labute approximate surface area is 169 Å². The lowest BCUT2D eigenvalue weighted by Crippen LogP contribution is -2.49. The Balaban J connectivity index is 1.76. The number of nitrogens with zero attached hydrogens (tertiary/aromatic N) is 1. The van der Waals surface area contributed by atoms with Crippen LogP contribution in [0, 0.1) is 12.8 Å². The predicted octanol–water partition coefficient (Wildman–Crippen LogP) is 3.22. The average molecular weight is 418 g/mol. The summed E-state index contributed by atoms with van der Waals surface area (Å²) in [4.78, 5) is 17.1. The van der Waals surface area contributed by atoms with E-state index >= 15 is 0 Å². The Morgan fingerprint density at radius 2 is 1.86 bits per heavy atom. The van der Waals surface area contributed by atoms with E-state index in [0.29, 0.717) is 6.54 Å². The summed E-state index contributed by atoms with van der Waals surface area (Å²) < 4.78 is 29.1. The molecule has 8 heteroatoms. The number of thiazole rings is 1. The highest BCUT2D eigenvalue weighted by atomic mass is 32.2. The molecule has 28 heavy (non-hydrogen) atoms. The molecule has 0 aliphatic heterocycles. The van der Waals surface area contributed by atoms with Crippen molar-refractivity contribution in [3.05, 3.63) is 59.1 Å². The van der Waals surface area contributed by atoms with E-state index in [1.807, 2.05) is 51.1 Å². The first-order valence-corrected chi connectivity index (χ1v) is 11.3. The SMILES string of the molecule is Cc1nc2ccc(S(=O)(=O)N[C@@H](C(=O)NCc3ccccc3)C(C)C)cc2s1. The number of nitrogens with one attached hydrogen (secondary N) is 2. The molecule has 1 amide bonds. The second kappa shape index (κ2) is 8.38. The number of aromatic nitrogens is 1. The van der Waals surface area contributed by atoms with Crippen LogP contribution in [-0.4, -0.2) is 25.4 Å². The van der Waals surface area contributed by atoms with Gasteiger partial charge in [0.05, 0.1) is 20.1 Å². The number of amides is 1. The second-order valence-corrected chi connectivity index (χ2v) is 9.86. The van der Waals surface area contributed by atoms with Gasteiger partial charge in [0.2, 0.25) is 15.9 Å². The van der Waals surface area contributed by atoms with Crippen LogP contribution in [0.5, 0.6) is 0 Å². The first-order chi connectivity index (χ1) is 13.3. The largest absolute Gasteiger partial charge is 0.351 e. The zero-order valence-electron chi connectivity index (χ0n) is 16.0. The van der Waals surface area contributed by atoms with Crippen LogP contribution in [0.4, 0.5) is 0 Å². The maximum Gasteiger partial charge on any atom is 0.241 e. The monoisotopic (exact) mass is 417 g/mol. The number of benzene rings is 2. The standard InChI is InChI=1S/C20H23N3O3S2/c1-13(2)19(20(24)21-12-15-7-5-4-6-8-15)23-28(25,26)16-9-10-17-18(11-16)27-14(3)22-17/h4-11,13,19,23H,12H2,1-3H3,(H,21,24)/t19-/m1/s1. The van der Waals surface area contributed by atoms with E-state index in [0.717, 1.165) is 20.8 Å². The Kier molecular flexibility index (Phi) is 6.12. The van der Waals surface area contributed by atoms with E-state index in [-0.39, 0.29) is 16.7 Å². The quantitative estimate of drug-likeness (QED) is 0.618. The lowest BCUT2D eigenvalue weighted by Gasteiger charge is -2.21. The van der Waals surface area contributed by atoms with Crippen LogP contribution in [0.3, 0.4) is 0 Å². The van der Waals surface area contributed by atoms with Gasteiger partial charge in [0.1, 0.15) is 6.04 Å². The fourth-order valence-corrected chi connectivity index (χ4v) is 5.12. The molecule has 0 fully saturated rings. The van der Waals surface area contributed by atoms with Crippen molar-refractivity contribution in [1.29, 1.82) is 0 Å². The van der Waals surface area contributed by atoms with E-state index in [4.69, 9.17) is 0 Å². The summed E-state index contributed by atoms with van der Waals surface area (Å²) in [6.45, 7) is 5.84. The topological polar surface area (TPSA) is 88.2 Å². The lowest BCUT2D eigenvalue weighted by atomic mass is 10.0. The summed E-state index contributed by atoms with van der Waals surface area (Å²) in [5.74, 6) is -0.558. The van der Waals surface area contributed by atoms with Crippen molar-refractivity contribution >= 4 is 37.5 Å². The molecule has 1 aromatic heterocycles. The first kappa shape index (κ1) is 20.4. The van der Waals surface area contributed by atoms with Crippen LogP contribution >= 0.6 is 11.3 Å². The maximum absolute atomic E-state index is 12.9. The van der Waals surface area contributed by atoms with Crippen molar-refractivity contribution in [1.82, 2.24) is 15.0 Å². The van der Waals surface area contributed by atoms with Gasteiger partial charge in [0.15, 0.2) is 0 Å². The first-order valence-electron chi connectivity index (χ1n) is 8.97. The molecule has 3 aromatic rings. The molecule has 0 radical (unpaired) electrons. The van der Waals surface area contributed by atoms with Crippen molar-refractivity contribution in [2.45, 2.75) is 38.3 Å². The molecule has 1 atom stereocenters. The highest BCUT2D eigenvalue weighted by molar-refractivity contribution is 7.89. The van der Waals surface area contributed by atoms with Crippen LogP contribution in [0.25, 0.3) is 10.2 Å². The fraction of sp³-hybridized carbons (Fsp3) is 0.300. The summed E-state index contributed by atoms with van der Waals surface area (Å²) >= 11 is 1.44. The number of hydrogen-bond donors (Lipinski definition) is 2. The van der Waals surface area contributed by atoms with Gasteiger partial charge in [0, 0.05) is 6.54 Å². The molecule has 6 nitrogen and oxygen atoms in total. The molecular weight excluding hydrogens is 394 g/mol. The van der Waals surface area contributed by atoms with Crippen molar-refractivity contribution in [3.8, 4) is 0 Å². The van der Waals surface area contributed by atoms with Crippen molar-refractivity contribution in [2.24, 2.45) is 5.92 Å². The highest BCUT2D eigenvalue weighted by Gasteiger charge is 2.28. The van der Waals surface area contributed by atoms with E-state index in [1.54, 1.807) is 12.1 Å². The molecule has 0 aliphatic carbocycles. The van der Waals surface area contributed by atoms with E-state index < -0.39 is 16.1 Å². The minimum Gasteiger partial charge on any atom is -0.351 e. The van der Waals surface area contributed by atoms with Crippen molar-refractivity contribution in [2.75, 3.05) is 0 Å². The minimum atomic E-state index is -3.85. The third kappa shape index (κ3) is 4.76. The third-order valence-electron chi connectivity index (χ3n) is 4.32. The minimum absolute atomic E-state index is 0.130. The van der Waals surface area contributed by atoms with Gasteiger partial charge < -0.3 is 5.32 Å². The maximum atomic E-state index is 12.9. The van der Waals surface area contributed by atoms with Gasteiger partial charge in [-0.05, 0) is 36.6 Å². The number of aryl methyl sites for hydroxylation is 1. The lowest BCUT2D eigenvalue weighted by molar-refractivity contribution is -0.123.